The van der Waals surface area contributed by atoms with Gasteiger partial charge in [-0.05, 0) is 54.3 Å². The topological polar surface area (TPSA) is 102 Å². The van der Waals surface area contributed by atoms with Gasteiger partial charge >= 0.3 is 6.03 Å². The molecular weight excluding hydrogens is 504 g/mol. The number of nitrogens with two attached hydrogens (primary N) is 1. The van der Waals surface area contributed by atoms with Gasteiger partial charge in [-0.25, -0.2) is 19.1 Å². The number of fused-ring (bicyclic) bond motifs is 1. The van der Waals surface area contributed by atoms with E-state index in [1.165, 1.54) is 32.4 Å². The number of hydrogen-bond acceptors (Lipinski definition) is 6. The van der Waals surface area contributed by atoms with Gasteiger partial charge in [-0.1, -0.05) is 18.2 Å². The summed E-state index contributed by atoms with van der Waals surface area (Å²) in [5.41, 5.74) is 12.5. The maximum Gasteiger partial charge on any atom is 0.343 e. The summed E-state index contributed by atoms with van der Waals surface area (Å²) in [6.45, 7) is 1.43. The molecule has 8 nitrogen and oxygen atoms in total. The van der Waals surface area contributed by atoms with Crippen LogP contribution in [0.1, 0.15) is 12.8 Å². The number of anilines is 2. The smallest absolute Gasteiger partial charge is 0.343 e. The highest BCUT2D eigenvalue weighted by Gasteiger charge is 2.23. The molecule has 1 fully saturated rings. The number of para-hydroxylation sites is 1. The van der Waals surface area contributed by atoms with Gasteiger partial charge < -0.3 is 20.7 Å². The number of pyridine rings is 1. The number of nitrogens with zero attached hydrogens (tertiary/aromatic N) is 2. The van der Waals surface area contributed by atoms with Crippen molar-refractivity contribution in [3.05, 3.63) is 72.4 Å². The van der Waals surface area contributed by atoms with Gasteiger partial charge in [0.25, 0.3) is 0 Å². The Kier molecular flexibility index (Phi) is 7.58. The molecular formula is C29H29F2N5O3. The second-order valence-electron chi connectivity index (χ2n) is 9.38. The average Bonchev–Trinajstić information content (AvgIpc) is 2.93. The molecule has 1 aliphatic rings. The third kappa shape index (κ3) is 5.47. The molecule has 1 aromatic heterocycles. The van der Waals surface area contributed by atoms with Gasteiger partial charge in [0, 0.05) is 47.9 Å². The molecule has 2 amide bonds. The Balaban J connectivity index is 1.71. The molecule has 39 heavy (non-hydrogen) atoms. The zero-order valence-corrected chi connectivity index (χ0v) is 21.6. The first-order valence-electron chi connectivity index (χ1n) is 12.5. The maximum absolute atomic E-state index is 14.9. The first-order valence-corrected chi connectivity index (χ1v) is 12.5. The monoisotopic (exact) mass is 533 g/mol. The molecule has 0 unspecified atom stereocenters. The number of rotatable bonds is 6. The van der Waals surface area contributed by atoms with Crippen LogP contribution in [0, 0.1) is 11.6 Å². The van der Waals surface area contributed by atoms with Gasteiger partial charge in [0.05, 0.1) is 31.1 Å². The van der Waals surface area contributed by atoms with Gasteiger partial charge in [0.2, 0.25) is 0 Å². The predicted molar refractivity (Wildman–Crippen MR) is 148 cm³/mol. The molecule has 3 aromatic carbocycles. The summed E-state index contributed by atoms with van der Waals surface area (Å²) >= 11 is 0. The minimum Gasteiger partial charge on any atom is -0.497 e. The van der Waals surface area contributed by atoms with E-state index < -0.39 is 17.7 Å². The van der Waals surface area contributed by atoms with Crippen molar-refractivity contribution in [1.29, 1.82) is 0 Å². The molecule has 10 heteroatoms. The average molecular weight is 534 g/mol. The highest BCUT2D eigenvalue weighted by Crippen LogP contribution is 2.41. The minimum absolute atomic E-state index is 0.0101. The zero-order chi connectivity index (χ0) is 27.5. The second-order valence-corrected chi connectivity index (χ2v) is 9.38. The SMILES string of the molecule is CONC(=O)Nc1c(F)cccc1-c1ccc2ncc(-c3cc(F)cc(OC)c3)c(N3CCC(N)CC3)c2c1. The third-order valence-corrected chi connectivity index (χ3v) is 6.87. The fraction of sp³-hybridized carbons (Fsp3) is 0.241. The Bertz CT molecular complexity index is 1520. The Labute approximate surface area is 224 Å². The van der Waals surface area contributed by atoms with E-state index in [1.54, 1.807) is 24.4 Å². The normalized spacial score (nSPS) is 13.9. The number of piperidine rings is 1. The van der Waals surface area contributed by atoms with Gasteiger partial charge in [-0.2, -0.15) is 0 Å². The van der Waals surface area contributed by atoms with E-state index in [0.717, 1.165) is 35.0 Å². The van der Waals surface area contributed by atoms with Crippen LogP contribution < -0.4 is 26.2 Å². The van der Waals surface area contributed by atoms with Crippen molar-refractivity contribution in [2.75, 3.05) is 37.5 Å². The molecule has 1 aliphatic heterocycles. The molecule has 2 heterocycles. The maximum atomic E-state index is 14.9. The van der Waals surface area contributed by atoms with Gasteiger partial charge in [0.15, 0.2) is 0 Å². The lowest BCUT2D eigenvalue weighted by atomic mass is 9.95. The number of ether oxygens (including phenoxy) is 1. The van der Waals surface area contributed by atoms with Crippen LogP contribution in [0.3, 0.4) is 0 Å². The third-order valence-electron chi connectivity index (χ3n) is 6.87. The molecule has 0 aliphatic carbocycles. The number of methoxy groups -OCH3 is 1. The highest BCUT2D eigenvalue weighted by molar-refractivity contribution is 6.03. The minimum atomic E-state index is -0.709. The first kappa shape index (κ1) is 26.3. The summed E-state index contributed by atoms with van der Waals surface area (Å²) in [6.07, 6.45) is 3.36. The predicted octanol–water partition coefficient (Wildman–Crippen LogP) is 5.47. The van der Waals surface area contributed by atoms with Crippen LogP contribution in [0.5, 0.6) is 5.75 Å². The summed E-state index contributed by atoms with van der Waals surface area (Å²) in [6, 6.07) is 14.1. The standard InChI is InChI=1S/C29H29F2N5O3/c1-38-21-13-18(12-19(30)15-21)24-16-33-26-7-6-17(14-23(26)28(24)36-10-8-20(32)9-11-36)22-4-3-5-25(31)27(22)34-29(37)35-39-2/h3-7,12-16,20H,8-11,32H2,1-2H3,(H2,34,35,37). The molecule has 202 valence electrons. The lowest BCUT2D eigenvalue weighted by molar-refractivity contribution is 0.114. The van der Waals surface area contributed by atoms with Gasteiger partial charge in [-0.15, -0.1) is 0 Å². The van der Waals surface area contributed by atoms with Crippen molar-refractivity contribution in [2.24, 2.45) is 5.73 Å². The summed E-state index contributed by atoms with van der Waals surface area (Å²) < 4.78 is 34.8. The molecule has 0 radical (unpaired) electrons. The van der Waals surface area contributed by atoms with Crippen molar-refractivity contribution in [1.82, 2.24) is 10.5 Å². The number of urea groups is 1. The number of carbonyl (C=O) groups excluding carboxylic acids is 1. The molecule has 0 saturated carbocycles. The molecule has 5 rings (SSSR count). The van der Waals surface area contributed by atoms with E-state index in [-0.39, 0.29) is 11.7 Å². The van der Waals surface area contributed by atoms with Crippen LogP contribution in [0.4, 0.5) is 25.0 Å². The van der Waals surface area contributed by atoms with Crippen molar-refractivity contribution in [3.63, 3.8) is 0 Å². The van der Waals surface area contributed by atoms with Crippen LogP contribution in [-0.2, 0) is 4.84 Å². The Hall–Kier alpha value is -4.28. The van der Waals surface area contributed by atoms with Crippen molar-refractivity contribution < 1.29 is 23.1 Å². The number of benzene rings is 3. The number of hydroxylamine groups is 1. The van der Waals surface area contributed by atoms with Gasteiger partial charge in [-0.3, -0.25) is 9.82 Å². The number of nitrogens with one attached hydrogen (secondary N) is 2. The molecule has 0 bridgehead atoms. The molecule has 0 spiro atoms. The van der Waals surface area contributed by atoms with Crippen LogP contribution in [0.25, 0.3) is 33.2 Å². The highest BCUT2D eigenvalue weighted by atomic mass is 19.1. The van der Waals surface area contributed by atoms with Gasteiger partial charge in [0.1, 0.15) is 17.4 Å². The van der Waals surface area contributed by atoms with Crippen LogP contribution >= 0.6 is 0 Å². The zero-order valence-electron chi connectivity index (χ0n) is 21.6. The Morgan fingerprint density at radius 2 is 1.82 bits per heavy atom. The number of carbonyl (C=O) groups is 1. The number of aromatic nitrogens is 1. The first-order chi connectivity index (χ1) is 18.9. The van der Waals surface area contributed by atoms with E-state index in [0.29, 0.717) is 35.5 Å². The lowest BCUT2D eigenvalue weighted by Crippen LogP contribution is -2.40. The van der Waals surface area contributed by atoms with Crippen molar-refractivity contribution in [3.8, 4) is 28.0 Å². The molecule has 1 saturated heterocycles. The summed E-state index contributed by atoms with van der Waals surface area (Å²) in [4.78, 5) is 23.7. The van der Waals surface area contributed by atoms with Crippen LogP contribution in [0.15, 0.2) is 60.8 Å². The summed E-state index contributed by atoms with van der Waals surface area (Å²) in [5.74, 6) is -0.618. The lowest BCUT2D eigenvalue weighted by Gasteiger charge is -2.34. The summed E-state index contributed by atoms with van der Waals surface area (Å²) in [5, 5.41) is 3.33. The van der Waals surface area contributed by atoms with E-state index in [2.05, 4.69) is 25.5 Å². The number of hydrogen-bond donors (Lipinski definition) is 3. The number of amides is 2. The largest absolute Gasteiger partial charge is 0.497 e. The van der Waals surface area contributed by atoms with Crippen LogP contribution in [-0.4, -0.2) is 44.4 Å². The molecule has 4 aromatic rings. The quantitative estimate of drug-likeness (QED) is 0.284. The molecule has 4 N–H and O–H groups in total. The number of halogens is 2. The van der Waals surface area contributed by atoms with Crippen LogP contribution in [0.2, 0.25) is 0 Å². The summed E-state index contributed by atoms with van der Waals surface area (Å²) in [7, 11) is 2.78. The fourth-order valence-electron chi connectivity index (χ4n) is 4.98. The van der Waals surface area contributed by atoms with E-state index >= 15 is 0 Å². The second kappa shape index (κ2) is 11.2. The molecule has 0 atom stereocenters. The van der Waals surface area contributed by atoms with E-state index in [1.807, 2.05) is 18.2 Å². The van der Waals surface area contributed by atoms with E-state index in [4.69, 9.17) is 10.5 Å². The van der Waals surface area contributed by atoms with E-state index in [9.17, 15) is 13.6 Å². The van der Waals surface area contributed by atoms with Crippen molar-refractivity contribution in [2.45, 2.75) is 18.9 Å². The van der Waals surface area contributed by atoms with Crippen molar-refractivity contribution >= 4 is 28.3 Å². The Morgan fingerprint density at radius 1 is 1.03 bits per heavy atom. The Morgan fingerprint density at radius 3 is 2.56 bits per heavy atom. The fourth-order valence-corrected chi connectivity index (χ4v) is 4.98.